The van der Waals surface area contributed by atoms with Crippen LogP contribution in [0.5, 0.6) is 0 Å². The van der Waals surface area contributed by atoms with Gasteiger partial charge in [-0.25, -0.2) is 9.78 Å². The summed E-state index contributed by atoms with van der Waals surface area (Å²) in [5.74, 6) is -0.550. The molecule has 4 N–H and O–H groups in total. The molecule has 0 unspecified atom stereocenters. The van der Waals surface area contributed by atoms with Gasteiger partial charge in [-0.3, -0.25) is 20.5 Å². The third kappa shape index (κ3) is 4.95. The second kappa shape index (κ2) is 8.89. The van der Waals surface area contributed by atoms with Crippen LogP contribution in [0.2, 0.25) is 5.02 Å². The minimum absolute atomic E-state index is 0.00299. The molecule has 0 aliphatic heterocycles. The normalized spacial score (nSPS) is 12.1. The number of carbonyl (C=O) groups excluding carboxylic acids is 2. The molecule has 0 fully saturated rings. The number of ether oxygens (including phenoxy) is 1. The van der Waals surface area contributed by atoms with Gasteiger partial charge in [0.15, 0.2) is 5.13 Å². The molecule has 184 valence electrons. The summed E-state index contributed by atoms with van der Waals surface area (Å²) < 4.78 is 45.6. The number of methoxy groups -OCH3 is 1. The summed E-state index contributed by atoms with van der Waals surface area (Å²) in [6.07, 6.45) is -3.95. The molecule has 2 amide bonds. The molecule has 0 saturated carbocycles. The predicted octanol–water partition coefficient (Wildman–Crippen LogP) is 5.85. The van der Waals surface area contributed by atoms with E-state index in [4.69, 9.17) is 11.6 Å². The molecule has 2 aromatic heterocycles. The van der Waals surface area contributed by atoms with Crippen LogP contribution >= 0.6 is 22.9 Å². The lowest BCUT2D eigenvalue weighted by Crippen LogP contribution is -2.44. The van der Waals surface area contributed by atoms with Crippen molar-refractivity contribution < 1.29 is 27.5 Å². The van der Waals surface area contributed by atoms with E-state index in [1.807, 2.05) is 0 Å². The van der Waals surface area contributed by atoms with Gasteiger partial charge in [0.05, 0.1) is 45.3 Å². The van der Waals surface area contributed by atoms with Gasteiger partial charge in [-0.1, -0.05) is 22.9 Å². The smallest absolute Gasteiger partial charge is 0.418 e. The lowest BCUT2D eigenvalue weighted by molar-refractivity contribution is -0.136. The lowest BCUT2D eigenvalue weighted by atomic mass is 10.0. The van der Waals surface area contributed by atoms with Crippen molar-refractivity contribution in [2.75, 3.05) is 23.1 Å². The molecule has 0 aliphatic carbocycles. The quantitative estimate of drug-likeness (QED) is 0.259. The Morgan fingerprint density at radius 3 is 2.60 bits per heavy atom. The van der Waals surface area contributed by atoms with Crippen molar-refractivity contribution in [2.45, 2.75) is 25.6 Å². The molecule has 35 heavy (non-hydrogen) atoms. The summed E-state index contributed by atoms with van der Waals surface area (Å²) in [4.78, 5) is 28.6. The number of benzene rings is 2. The molecule has 14 heteroatoms. The van der Waals surface area contributed by atoms with Crippen LogP contribution in [0.15, 0.2) is 30.5 Å². The standard InChI is InChI=1S/C21H18ClF3N6O3S/c1-20(2,30-9-4-5-12(22)14(6-9)27-19(33)34-3)17(32)29-18-28-15-11(21(23,24)25)7-13-10(8-26-31-13)16(15)35-18/h4-8,30H,1-3H3,(H,26,31)(H,27,33)(H,28,29,32). The van der Waals surface area contributed by atoms with Crippen LogP contribution in [-0.4, -0.2) is 39.8 Å². The average molecular weight is 527 g/mol. The van der Waals surface area contributed by atoms with E-state index in [-0.39, 0.29) is 31.6 Å². The summed E-state index contributed by atoms with van der Waals surface area (Å²) in [5, 5.41) is 15.1. The number of nitrogens with zero attached hydrogens (tertiary/aromatic N) is 2. The zero-order chi connectivity index (χ0) is 25.5. The van der Waals surface area contributed by atoms with Crippen molar-refractivity contribution in [3.05, 3.63) is 41.0 Å². The number of fused-ring (bicyclic) bond motifs is 3. The highest BCUT2D eigenvalue weighted by atomic mass is 35.5. The second-order valence-electron chi connectivity index (χ2n) is 7.97. The first-order valence-electron chi connectivity index (χ1n) is 9.97. The zero-order valence-corrected chi connectivity index (χ0v) is 20.0. The highest BCUT2D eigenvalue weighted by Crippen LogP contribution is 2.41. The number of carbonyl (C=O) groups is 2. The summed E-state index contributed by atoms with van der Waals surface area (Å²) in [6, 6.07) is 5.58. The fraction of sp³-hybridized carbons (Fsp3) is 0.238. The number of nitrogens with one attached hydrogen (secondary N) is 4. The van der Waals surface area contributed by atoms with Gasteiger partial charge in [0, 0.05) is 11.1 Å². The summed E-state index contributed by atoms with van der Waals surface area (Å²) in [6.45, 7) is 3.15. The van der Waals surface area contributed by atoms with E-state index in [0.717, 1.165) is 17.4 Å². The molecular formula is C21H18ClF3N6O3S. The molecule has 4 rings (SSSR count). The number of hydrogen-bond acceptors (Lipinski definition) is 7. The van der Waals surface area contributed by atoms with Crippen LogP contribution in [0, 0.1) is 0 Å². The SMILES string of the molecule is COC(=O)Nc1cc(NC(C)(C)C(=O)Nc2nc3c(C(F)(F)F)cc4[nH]ncc4c3s2)ccc1Cl. The Morgan fingerprint density at radius 2 is 1.91 bits per heavy atom. The monoisotopic (exact) mass is 526 g/mol. The van der Waals surface area contributed by atoms with Gasteiger partial charge in [0.1, 0.15) is 5.54 Å². The van der Waals surface area contributed by atoms with Crippen molar-refractivity contribution in [1.82, 2.24) is 15.2 Å². The molecule has 4 aromatic rings. The summed E-state index contributed by atoms with van der Waals surface area (Å²) in [7, 11) is 1.20. The van der Waals surface area contributed by atoms with Gasteiger partial charge in [0.2, 0.25) is 0 Å². The Labute approximate surface area is 205 Å². The minimum Gasteiger partial charge on any atom is -0.453 e. The van der Waals surface area contributed by atoms with Crippen LogP contribution in [0.25, 0.3) is 21.1 Å². The Balaban J connectivity index is 1.60. The Hall–Kier alpha value is -3.58. The fourth-order valence-electron chi connectivity index (χ4n) is 3.29. The van der Waals surface area contributed by atoms with Crippen molar-refractivity contribution in [1.29, 1.82) is 0 Å². The molecular weight excluding hydrogens is 509 g/mol. The number of amides is 2. The average Bonchev–Trinajstić information content (AvgIpc) is 3.40. The number of aromatic amines is 1. The number of aromatic nitrogens is 3. The van der Waals surface area contributed by atoms with Gasteiger partial charge < -0.3 is 10.1 Å². The van der Waals surface area contributed by atoms with E-state index in [9.17, 15) is 22.8 Å². The molecule has 2 aromatic carbocycles. The number of halogens is 4. The highest BCUT2D eigenvalue weighted by Gasteiger charge is 2.36. The second-order valence-corrected chi connectivity index (χ2v) is 9.37. The Bertz CT molecular complexity index is 1450. The topological polar surface area (TPSA) is 121 Å². The van der Waals surface area contributed by atoms with Gasteiger partial charge in [-0.2, -0.15) is 18.3 Å². The van der Waals surface area contributed by atoms with Crippen LogP contribution in [0.4, 0.5) is 34.5 Å². The van der Waals surface area contributed by atoms with Crippen LogP contribution in [0.3, 0.4) is 0 Å². The van der Waals surface area contributed by atoms with E-state index < -0.39 is 29.3 Å². The largest absolute Gasteiger partial charge is 0.453 e. The van der Waals surface area contributed by atoms with Gasteiger partial charge >= 0.3 is 12.3 Å². The van der Waals surface area contributed by atoms with E-state index in [1.54, 1.807) is 19.9 Å². The van der Waals surface area contributed by atoms with E-state index in [2.05, 4.69) is 35.9 Å². The summed E-state index contributed by atoms with van der Waals surface area (Å²) >= 11 is 7.00. The number of alkyl halides is 3. The maximum Gasteiger partial charge on any atom is 0.418 e. The number of thiazole rings is 1. The van der Waals surface area contributed by atoms with Crippen molar-refractivity contribution in [3.8, 4) is 0 Å². The Morgan fingerprint density at radius 1 is 1.17 bits per heavy atom. The van der Waals surface area contributed by atoms with Crippen LogP contribution in [-0.2, 0) is 15.7 Å². The first-order chi connectivity index (χ1) is 16.4. The minimum atomic E-state index is -4.64. The first-order valence-corrected chi connectivity index (χ1v) is 11.2. The first kappa shape index (κ1) is 24.5. The van der Waals surface area contributed by atoms with Crippen molar-refractivity contribution in [2.24, 2.45) is 0 Å². The molecule has 0 spiro atoms. The van der Waals surface area contributed by atoms with E-state index in [1.165, 1.54) is 25.4 Å². The van der Waals surface area contributed by atoms with Crippen molar-refractivity contribution in [3.63, 3.8) is 0 Å². The van der Waals surface area contributed by atoms with E-state index in [0.29, 0.717) is 11.1 Å². The molecule has 0 saturated heterocycles. The highest BCUT2D eigenvalue weighted by molar-refractivity contribution is 7.23. The van der Waals surface area contributed by atoms with E-state index >= 15 is 0 Å². The third-order valence-corrected chi connectivity index (χ3v) is 6.36. The van der Waals surface area contributed by atoms with Crippen molar-refractivity contribution >= 4 is 72.6 Å². The molecule has 0 atom stereocenters. The number of anilines is 3. The fourth-order valence-corrected chi connectivity index (χ4v) is 4.45. The third-order valence-electron chi connectivity index (χ3n) is 5.02. The Kier molecular flexibility index (Phi) is 6.23. The summed E-state index contributed by atoms with van der Waals surface area (Å²) in [5.41, 5.74) is -1.50. The lowest BCUT2D eigenvalue weighted by Gasteiger charge is -2.26. The van der Waals surface area contributed by atoms with Crippen LogP contribution < -0.4 is 16.0 Å². The van der Waals surface area contributed by atoms with Crippen LogP contribution in [0.1, 0.15) is 19.4 Å². The number of H-pyrrole nitrogens is 1. The zero-order valence-electron chi connectivity index (χ0n) is 18.4. The van der Waals surface area contributed by atoms with Gasteiger partial charge in [-0.15, -0.1) is 0 Å². The maximum absolute atomic E-state index is 13.6. The molecule has 2 heterocycles. The van der Waals surface area contributed by atoms with Gasteiger partial charge in [-0.05, 0) is 38.1 Å². The molecule has 0 bridgehead atoms. The number of rotatable bonds is 5. The number of hydrogen-bond donors (Lipinski definition) is 4. The predicted molar refractivity (Wildman–Crippen MR) is 128 cm³/mol. The van der Waals surface area contributed by atoms with Gasteiger partial charge in [0.25, 0.3) is 5.91 Å². The molecule has 0 radical (unpaired) electrons. The maximum atomic E-state index is 13.6. The molecule has 0 aliphatic rings. The molecule has 9 nitrogen and oxygen atoms in total.